The van der Waals surface area contributed by atoms with E-state index in [2.05, 4.69) is 20.7 Å². The summed E-state index contributed by atoms with van der Waals surface area (Å²) in [6, 6.07) is 3.63. The molecule has 0 aliphatic rings. The van der Waals surface area contributed by atoms with Crippen LogP contribution < -0.4 is 21.7 Å². The van der Waals surface area contributed by atoms with E-state index in [-0.39, 0.29) is 31.1 Å². The van der Waals surface area contributed by atoms with Crippen LogP contribution >= 0.6 is 12.4 Å². The van der Waals surface area contributed by atoms with E-state index in [1.54, 1.807) is 12.1 Å². The van der Waals surface area contributed by atoms with Gasteiger partial charge in [-0.15, -0.1) is 12.4 Å². The fraction of sp³-hybridized carbons (Fsp3) is 0.444. The van der Waals surface area contributed by atoms with Crippen molar-refractivity contribution in [2.24, 2.45) is 5.73 Å². The molecular formula is C18H27ClN4O6. The Kier molecular flexibility index (Phi) is 11.3. The second-order valence-corrected chi connectivity index (χ2v) is 6.24. The molecule has 1 rings (SSSR count). The van der Waals surface area contributed by atoms with Crippen molar-refractivity contribution in [1.29, 1.82) is 0 Å². The van der Waals surface area contributed by atoms with E-state index in [0.29, 0.717) is 0 Å². The number of aromatic hydroxyl groups is 1. The van der Waals surface area contributed by atoms with Crippen LogP contribution in [0.1, 0.15) is 19.4 Å². The predicted octanol–water partition coefficient (Wildman–Crippen LogP) is -1.02. The second-order valence-electron chi connectivity index (χ2n) is 6.24. The van der Waals surface area contributed by atoms with Crippen molar-refractivity contribution in [3.63, 3.8) is 0 Å². The minimum absolute atomic E-state index is 0. The first-order valence-electron chi connectivity index (χ1n) is 8.62. The van der Waals surface area contributed by atoms with Crippen LogP contribution in [-0.2, 0) is 30.3 Å². The molecule has 1 unspecified atom stereocenters. The Morgan fingerprint density at radius 1 is 1.03 bits per heavy atom. The molecule has 162 valence electrons. The van der Waals surface area contributed by atoms with Gasteiger partial charge in [-0.3, -0.25) is 14.4 Å². The molecule has 29 heavy (non-hydrogen) atoms. The summed E-state index contributed by atoms with van der Waals surface area (Å²) in [5.74, 6) is -2.18. The number of amides is 3. The largest absolute Gasteiger partial charge is 0.508 e. The van der Waals surface area contributed by atoms with Crippen molar-refractivity contribution >= 4 is 36.1 Å². The van der Waals surface area contributed by atoms with Crippen LogP contribution in [0.5, 0.6) is 5.75 Å². The molecule has 3 atom stereocenters. The zero-order valence-electron chi connectivity index (χ0n) is 16.4. The number of carbonyl (C=O) groups is 4. The van der Waals surface area contributed by atoms with Crippen LogP contribution in [0.3, 0.4) is 0 Å². The summed E-state index contributed by atoms with van der Waals surface area (Å²) in [6.45, 7) is 2.54. The van der Waals surface area contributed by atoms with Gasteiger partial charge in [0.1, 0.15) is 17.8 Å². The van der Waals surface area contributed by atoms with Crippen LogP contribution in [0, 0.1) is 0 Å². The fourth-order valence-electron chi connectivity index (χ4n) is 2.21. The predicted molar refractivity (Wildman–Crippen MR) is 107 cm³/mol. The third-order valence-corrected chi connectivity index (χ3v) is 3.84. The molecule has 6 N–H and O–H groups in total. The van der Waals surface area contributed by atoms with Crippen molar-refractivity contribution in [2.75, 3.05) is 13.7 Å². The summed E-state index contributed by atoms with van der Waals surface area (Å²) in [7, 11) is 1.20. The molecule has 0 spiro atoms. The zero-order valence-corrected chi connectivity index (χ0v) is 17.2. The first-order valence-corrected chi connectivity index (χ1v) is 8.62. The van der Waals surface area contributed by atoms with E-state index in [4.69, 9.17) is 5.73 Å². The van der Waals surface area contributed by atoms with Crippen LogP contribution in [0.4, 0.5) is 0 Å². The lowest BCUT2D eigenvalue weighted by atomic mass is 10.1. The lowest BCUT2D eigenvalue weighted by Gasteiger charge is -2.18. The Morgan fingerprint density at radius 3 is 2.17 bits per heavy atom. The molecule has 0 saturated carbocycles. The van der Waals surface area contributed by atoms with Crippen LogP contribution in [0.2, 0.25) is 0 Å². The normalized spacial score (nSPS) is 13.1. The summed E-state index contributed by atoms with van der Waals surface area (Å²) in [5.41, 5.74) is 6.60. The van der Waals surface area contributed by atoms with Crippen molar-refractivity contribution in [1.82, 2.24) is 16.0 Å². The van der Waals surface area contributed by atoms with Crippen molar-refractivity contribution in [3.05, 3.63) is 29.8 Å². The van der Waals surface area contributed by atoms with Gasteiger partial charge in [-0.05, 0) is 38.0 Å². The standard InChI is InChI=1S/C18H26N4O6.ClH/c1-10(16(25)20-9-15(24)21-11(2)18(27)28-3)22-17(26)14(19)8-12-4-6-13(23)7-5-12;/h4-7,10-11,14,23H,8-9,19H2,1-3H3,(H,20,25)(H,21,24)(H,22,26);1H/t10-,11-,14?;/m0./s1. The van der Waals surface area contributed by atoms with Gasteiger partial charge in [-0.1, -0.05) is 12.1 Å². The second kappa shape index (κ2) is 12.6. The molecule has 0 aliphatic carbocycles. The smallest absolute Gasteiger partial charge is 0.328 e. The van der Waals surface area contributed by atoms with E-state index >= 15 is 0 Å². The van der Waals surface area contributed by atoms with Crippen LogP contribution in [0.25, 0.3) is 0 Å². The number of esters is 1. The highest BCUT2D eigenvalue weighted by Gasteiger charge is 2.21. The third kappa shape index (κ3) is 9.26. The summed E-state index contributed by atoms with van der Waals surface area (Å²) < 4.78 is 4.48. The molecule has 3 amide bonds. The molecular weight excluding hydrogens is 404 g/mol. The Hall–Kier alpha value is -2.85. The van der Waals surface area contributed by atoms with Gasteiger partial charge in [0.15, 0.2) is 0 Å². The molecule has 0 radical (unpaired) electrons. The number of ether oxygens (including phenoxy) is 1. The van der Waals surface area contributed by atoms with Crippen molar-refractivity contribution in [2.45, 2.75) is 38.4 Å². The Morgan fingerprint density at radius 2 is 1.62 bits per heavy atom. The number of rotatable bonds is 9. The van der Waals surface area contributed by atoms with Gasteiger partial charge >= 0.3 is 5.97 Å². The Bertz CT molecular complexity index is 713. The molecule has 10 nitrogen and oxygen atoms in total. The number of phenolic OH excluding ortho intramolecular Hbond substituents is 1. The number of nitrogens with one attached hydrogen (secondary N) is 3. The highest BCUT2D eigenvalue weighted by atomic mass is 35.5. The molecule has 0 aliphatic heterocycles. The molecule has 1 aromatic rings. The minimum atomic E-state index is -0.913. The van der Waals surface area contributed by atoms with E-state index in [0.717, 1.165) is 5.56 Å². The zero-order chi connectivity index (χ0) is 21.3. The van der Waals surface area contributed by atoms with Gasteiger partial charge in [-0.2, -0.15) is 0 Å². The summed E-state index contributed by atoms with van der Waals surface area (Å²) >= 11 is 0. The highest BCUT2D eigenvalue weighted by molar-refractivity contribution is 5.92. The lowest BCUT2D eigenvalue weighted by Crippen LogP contribution is -2.52. The molecule has 0 aromatic heterocycles. The maximum Gasteiger partial charge on any atom is 0.328 e. The number of nitrogens with two attached hydrogens (primary N) is 1. The average Bonchev–Trinajstić information content (AvgIpc) is 2.66. The number of carbonyl (C=O) groups excluding carboxylic acids is 4. The van der Waals surface area contributed by atoms with E-state index in [1.165, 1.54) is 33.1 Å². The van der Waals surface area contributed by atoms with Gasteiger partial charge in [0.25, 0.3) is 0 Å². The number of methoxy groups -OCH3 is 1. The topological polar surface area (TPSA) is 160 Å². The van der Waals surface area contributed by atoms with Gasteiger partial charge in [0.2, 0.25) is 17.7 Å². The summed E-state index contributed by atoms with van der Waals surface area (Å²) in [5, 5.41) is 16.4. The Balaban J connectivity index is 0.00000784. The number of benzene rings is 1. The number of halogens is 1. The van der Waals surface area contributed by atoms with Crippen LogP contribution in [0.15, 0.2) is 24.3 Å². The van der Waals surface area contributed by atoms with Crippen molar-refractivity contribution in [3.8, 4) is 5.75 Å². The van der Waals surface area contributed by atoms with Gasteiger partial charge in [0, 0.05) is 0 Å². The quantitative estimate of drug-likeness (QED) is 0.313. The molecule has 0 bridgehead atoms. The lowest BCUT2D eigenvalue weighted by molar-refractivity contribution is -0.144. The van der Waals surface area contributed by atoms with E-state index in [9.17, 15) is 24.3 Å². The number of hydrogen-bond donors (Lipinski definition) is 5. The van der Waals surface area contributed by atoms with Gasteiger partial charge in [0.05, 0.1) is 19.7 Å². The summed E-state index contributed by atoms with van der Waals surface area (Å²) in [4.78, 5) is 47.1. The fourth-order valence-corrected chi connectivity index (χ4v) is 2.21. The SMILES string of the molecule is COC(=O)[C@H](C)NC(=O)CNC(=O)[C@H](C)NC(=O)C(N)Cc1ccc(O)cc1.Cl. The number of phenols is 1. The molecule has 1 aromatic carbocycles. The summed E-state index contributed by atoms with van der Waals surface area (Å²) in [6.07, 6.45) is 0.230. The minimum Gasteiger partial charge on any atom is -0.508 e. The van der Waals surface area contributed by atoms with Crippen LogP contribution in [-0.4, -0.2) is 60.6 Å². The monoisotopic (exact) mass is 430 g/mol. The molecule has 11 heteroatoms. The maximum absolute atomic E-state index is 12.1. The molecule has 0 saturated heterocycles. The maximum atomic E-state index is 12.1. The molecule has 0 fully saturated rings. The highest BCUT2D eigenvalue weighted by Crippen LogP contribution is 2.10. The first-order chi connectivity index (χ1) is 13.1. The Labute approximate surface area is 175 Å². The van der Waals surface area contributed by atoms with E-state index < -0.39 is 41.8 Å². The number of hydrogen-bond acceptors (Lipinski definition) is 7. The van der Waals surface area contributed by atoms with Crippen molar-refractivity contribution < 1.29 is 29.0 Å². The molecule has 0 heterocycles. The third-order valence-electron chi connectivity index (χ3n) is 3.84. The average molecular weight is 431 g/mol. The van der Waals surface area contributed by atoms with Gasteiger partial charge in [-0.25, -0.2) is 4.79 Å². The van der Waals surface area contributed by atoms with Gasteiger partial charge < -0.3 is 31.5 Å². The van der Waals surface area contributed by atoms with E-state index in [1.807, 2.05) is 0 Å². The first kappa shape index (κ1) is 26.1.